The van der Waals surface area contributed by atoms with Gasteiger partial charge in [-0.3, -0.25) is 24.1 Å². The molecule has 0 radical (unpaired) electrons. The van der Waals surface area contributed by atoms with Crippen LogP contribution in [0.2, 0.25) is 0 Å². The number of fused-ring (bicyclic) bond motifs is 4. The van der Waals surface area contributed by atoms with Crippen molar-refractivity contribution < 1.29 is 66.6 Å². The van der Waals surface area contributed by atoms with Crippen molar-refractivity contribution >= 4 is 41.0 Å². The summed E-state index contributed by atoms with van der Waals surface area (Å²) in [7, 11) is 0. The zero-order valence-corrected chi connectivity index (χ0v) is 35.5. The molecular weight excluding hydrogens is 843 g/mol. The highest BCUT2D eigenvalue weighted by atomic mass is 32.2. The predicted molar refractivity (Wildman–Crippen MR) is 222 cm³/mol. The van der Waals surface area contributed by atoms with E-state index in [0.29, 0.717) is 37.7 Å². The van der Waals surface area contributed by atoms with Gasteiger partial charge < -0.3 is 44.0 Å². The van der Waals surface area contributed by atoms with E-state index in [1.165, 1.54) is 36.1 Å². The molecule has 3 unspecified atom stereocenters. The quantitative estimate of drug-likeness (QED) is 0.0949. The molecule has 3 amide bonds. The Morgan fingerprint density at radius 3 is 2.38 bits per heavy atom. The van der Waals surface area contributed by atoms with E-state index < -0.39 is 77.3 Å². The Morgan fingerprint density at radius 1 is 0.937 bits per heavy atom. The lowest BCUT2D eigenvalue weighted by molar-refractivity contribution is -0.361. The fourth-order valence-electron chi connectivity index (χ4n) is 11.1. The van der Waals surface area contributed by atoms with Crippen molar-refractivity contribution in [3.8, 4) is 0 Å². The Labute approximate surface area is 366 Å². The molecule has 9 rings (SSSR count). The van der Waals surface area contributed by atoms with Gasteiger partial charge in [-0.05, 0) is 67.7 Å². The third kappa shape index (κ3) is 7.42. The Bertz CT molecular complexity index is 2210. The molecule has 0 aromatic heterocycles. The van der Waals surface area contributed by atoms with Gasteiger partial charge in [0.25, 0.3) is 11.8 Å². The first-order chi connectivity index (χ1) is 30.3. The zero-order chi connectivity index (χ0) is 44.1. The summed E-state index contributed by atoms with van der Waals surface area (Å²) in [6.07, 6.45) is 2.48. The molecule has 2 aromatic carbocycles. The molecule has 7 aliphatic rings. The second-order valence-corrected chi connectivity index (χ2v) is 18.4. The topological polar surface area (TPSA) is 182 Å². The van der Waals surface area contributed by atoms with Crippen LogP contribution >= 0.6 is 11.8 Å². The van der Waals surface area contributed by atoms with Crippen LogP contribution in [0.1, 0.15) is 44.5 Å². The highest BCUT2D eigenvalue weighted by molar-refractivity contribution is 7.99. The van der Waals surface area contributed by atoms with Crippen LogP contribution in [-0.2, 0) is 47.6 Å². The first kappa shape index (κ1) is 44.1. The molecule has 63 heavy (non-hydrogen) atoms. The van der Waals surface area contributed by atoms with Crippen molar-refractivity contribution in [2.45, 2.75) is 90.0 Å². The number of hydrogen-bond acceptors (Lipinski definition) is 12. The maximum atomic E-state index is 17.5. The number of carbonyl (C=O) groups excluding carboxylic acids is 4. The number of hydrogen-bond donors (Lipinski definition) is 2. The first-order valence-corrected chi connectivity index (χ1v) is 22.2. The number of aliphatic hydroxyl groups excluding tert-OH is 1. The number of aliphatic hydroxyl groups is 1. The molecule has 17 heteroatoms. The van der Waals surface area contributed by atoms with Crippen LogP contribution in [0.15, 0.2) is 94.3 Å². The minimum absolute atomic E-state index is 0.0959. The Hall–Kier alpha value is -4.17. The van der Waals surface area contributed by atoms with Crippen molar-refractivity contribution in [1.82, 2.24) is 4.90 Å². The van der Waals surface area contributed by atoms with Crippen LogP contribution < -0.4 is 5.32 Å². The first-order valence-electron chi connectivity index (χ1n) is 21.4. The van der Waals surface area contributed by atoms with E-state index in [1.54, 1.807) is 12.1 Å². The summed E-state index contributed by atoms with van der Waals surface area (Å²) >= 11 is 1.48. The molecule has 5 fully saturated rings. The highest BCUT2D eigenvalue weighted by Crippen LogP contribution is 2.75. The molecular formula is C46H51F2N2O12S+. The molecule has 0 bridgehead atoms. The Balaban J connectivity index is 0.747. The molecule has 2 aromatic rings. The third-order valence-corrected chi connectivity index (χ3v) is 14.9. The van der Waals surface area contributed by atoms with E-state index in [0.717, 1.165) is 14.7 Å². The lowest BCUT2D eigenvalue weighted by Gasteiger charge is -2.71. The number of Topliss-reactive ketones (excluding diaryl/α,β-unsaturated/α-hetero) is 1. The van der Waals surface area contributed by atoms with Crippen molar-refractivity contribution in [3.05, 3.63) is 90.0 Å². The normalized spacial score (nSPS) is 35.7. The van der Waals surface area contributed by atoms with Gasteiger partial charge in [0.15, 0.2) is 29.4 Å². The van der Waals surface area contributed by atoms with E-state index >= 15 is 8.78 Å². The molecule has 2 saturated heterocycles. The fourth-order valence-corrected chi connectivity index (χ4v) is 12.0. The Kier molecular flexibility index (Phi) is 12.1. The van der Waals surface area contributed by atoms with Gasteiger partial charge in [-0.1, -0.05) is 36.9 Å². The number of ether oxygens (including phenoxy) is 6. The number of ketones is 1. The number of rotatable bonds is 18. The number of nitrogens with one attached hydrogen (secondary N) is 1. The number of nitrogens with zero attached hydrogens (tertiary/aromatic N) is 1. The van der Waals surface area contributed by atoms with E-state index in [1.807, 2.05) is 49.4 Å². The summed E-state index contributed by atoms with van der Waals surface area (Å²) < 4.78 is 69.3. The van der Waals surface area contributed by atoms with Crippen LogP contribution in [0.25, 0.3) is 0 Å². The minimum Gasteiger partial charge on any atom is -0.437 e. The van der Waals surface area contributed by atoms with Crippen LogP contribution in [0, 0.1) is 17.3 Å². The van der Waals surface area contributed by atoms with Gasteiger partial charge in [0, 0.05) is 56.2 Å². The number of carbonyl (C=O) groups is 4. The molecule has 4 N–H and O–H groups in total. The lowest BCUT2D eigenvalue weighted by atomic mass is 9.44. The molecule has 14 nitrogen and oxygen atoms in total. The smallest absolute Gasteiger partial charge is 0.253 e. The van der Waals surface area contributed by atoms with Crippen LogP contribution in [0.5, 0.6) is 0 Å². The van der Waals surface area contributed by atoms with E-state index in [9.17, 15) is 24.3 Å². The summed E-state index contributed by atoms with van der Waals surface area (Å²) in [5, 5.41) is 21.3. The maximum absolute atomic E-state index is 17.5. The van der Waals surface area contributed by atoms with Crippen molar-refractivity contribution in [2.75, 3.05) is 58.1 Å². The van der Waals surface area contributed by atoms with Gasteiger partial charge in [-0.15, -0.1) is 0 Å². The van der Waals surface area contributed by atoms with Gasteiger partial charge in [0.05, 0.1) is 64.8 Å². The summed E-state index contributed by atoms with van der Waals surface area (Å²) in [4.78, 5) is 52.5. The second kappa shape index (κ2) is 17.3. The number of imide groups is 1. The molecule has 3 saturated carbocycles. The molecule has 3 heterocycles. The summed E-state index contributed by atoms with van der Waals surface area (Å²) in [5.41, 5.74) is -4.61. The maximum Gasteiger partial charge on any atom is 0.253 e. The van der Waals surface area contributed by atoms with Crippen LogP contribution in [0.3, 0.4) is 0 Å². The molecule has 11 atom stereocenters. The minimum atomic E-state index is -1.91. The molecule has 3 aliphatic heterocycles. The van der Waals surface area contributed by atoms with Crippen molar-refractivity contribution in [2.24, 2.45) is 17.3 Å². The average Bonchev–Trinajstić information content (AvgIpc) is 3.89. The monoisotopic (exact) mass is 893 g/mol. The summed E-state index contributed by atoms with van der Waals surface area (Å²) in [6.45, 7) is 2.93. The lowest BCUT2D eigenvalue weighted by Crippen LogP contribution is -2.82. The fraction of sp³-hybridized carbons (Fsp3) is 0.522. The number of anilines is 1. The van der Waals surface area contributed by atoms with Gasteiger partial charge in [0.2, 0.25) is 5.91 Å². The number of benzene rings is 2. The predicted octanol–water partition coefficient (Wildman–Crippen LogP) is 4.08. The van der Waals surface area contributed by atoms with E-state index in [4.69, 9.17) is 33.5 Å². The Morgan fingerprint density at radius 2 is 1.65 bits per heavy atom. The SMILES string of the molecule is CC12C[C@@H]3O[C@]45C=CC([OH2+])C=C4[C@@H](F)C[C@@H]([C@@H]1CC1O[C@@H](c4ccc(Sc6cccc(NC(=O)CCOCCOCCOCCN7C(=O)C=CC7=O)c6)cc4)O[C@]12C(=O)CO)[C@]35F. The second-order valence-electron chi connectivity index (χ2n) is 17.3. The van der Waals surface area contributed by atoms with Crippen molar-refractivity contribution in [3.63, 3.8) is 0 Å². The molecule has 4 aliphatic carbocycles. The zero-order valence-electron chi connectivity index (χ0n) is 34.7. The van der Waals surface area contributed by atoms with Gasteiger partial charge in [-0.25, -0.2) is 8.78 Å². The number of amides is 3. The molecule has 336 valence electrons. The highest BCUT2D eigenvalue weighted by Gasteiger charge is 2.85. The summed E-state index contributed by atoms with van der Waals surface area (Å²) in [6, 6.07) is 14.9. The van der Waals surface area contributed by atoms with Gasteiger partial charge in [-0.2, -0.15) is 0 Å². The van der Waals surface area contributed by atoms with Crippen molar-refractivity contribution in [1.29, 1.82) is 0 Å². The largest absolute Gasteiger partial charge is 0.437 e. The van der Waals surface area contributed by atoms with Crippen LogP contribution in [-0.4, -0.2) is 133 Å². The number of alkyl halides is 2. The number of halogens is 2. The van der Waals surface area contributed by atoms with Gasteiger partial charge >= 0.3 is 0 Å². The van der Waals surface area contributed by atoms with E-state index in [-0.39, 0.29) is 68.7 Å². The standard InChI is InChI=1S/C46H50F2N2O12S/c1-43-25-38-45(48)33(23-35(47)34-22-29(52)11-13-44(34,45)61-38)32(43)24-37-46(43,36(53)26-51)62-42(60-37)27-5-7-30(8-6-27)63-31-4-2-3-28(21-31)49-39(54)12-15-57-17-19-59-20-18-58-16-14-50-40(55)9-10-41(50)56/h2-11,13,21-22,29,32-33,35,37-38,42,51-52H,12,14-20,23-26H2,1H3,(H,49,54)/p+1/t29?,32-,33-,35-,37?,38-,42+,43?,44+,45-,46+/m0/s1. The van der Waals surface area contributed by atoms with Gasteiger partial charge in [0.1, 0.15) is 18.4 Å². The van der Waals surface area contributed by atoms with E-state index in [2.05, 4.69) is 5.32 Å². The molecule has 1 spiro atoms. The third-order valence-electron chi connectivity index (χ3n) is 13.9. The summed E-state index contributed by atoms with van der Waals surface area (Å²) in [5.74, 6) is -2.72. The average molecular weight is 894 g/mol. The van der Waals surface area contributed by atoms with Crippen LogP contribution in [0.4, 0.5) is 14.5 Å².